The summed E-state index contributed by atoms with van der Waals surface area (Å²) in [5.74, 6) is 0.598. The zero-order chi connectivity index (χ0) is 7.56. The van der Waals surface area contributed by atoms with Crippen molar-refractivity contribution in [1.29, 1.82) is 0 Å². The summed E-state index contributed by atoms with van der Waals surface area (Å²) in [7, 11) is 1.59. The number of hydrogen-bond acceptors (Lipinski definition) is 3. The second-order valence-electron chi connectivity index (χ2n) is 1.81. The maximum absolute atomic E-state index is 4.94. The molecule has 0 aliphatic heterocycles. The molecule has 1 heterocycles. The molecule has 0 amide bonds. The van der Waals surface area contributed by atoms with E-state index in [-0.39, 0.29) is 0 Å². The molecule has 0 bridgehead atoms. The number of methoxy groups -OCH3 is 1. The van der Waals surface area contributed by atoms with Crippen LogP contribution in [0.4, 0.5) is 0 Å². The molecule has 0 spiro atoms. The van der Waals surface area contributed by atoms with Gasteiger partial charge in [-0.25, -0.2) is 9.97 Å². The van der Waals surface area contributed by atoms with Crippen LogP contribution in [0.25, 0.3) is 0 Å². The van der Waals surface area contributed by atoms with Crippen molar-refractivity contribution < 1.29 is 4.74 Å². The summed E-state index contributed by atoms with van der Waals surface area (Å²) in [4.78, 5) is 8.15. The zero-order valence-corrected chi connectivity index (χ0v) is 7.92. The van der Waals surface area contributed by atoms with Crippen LogP contribution in [-0.2, 0) is 0 Å². The molecule has 0 unspecified atom stereocenters. The van der Waals surface area contributed by atoms with Crippen molar-refractivity contribution in [2.24, 2.45) is 0 Å². The molecule has 0 saturated heterocycles. The van der Waals surface area contributed by atoms with Crippen molar-refractivity contribution >= 4 is 22.6 Å². The third-order valence-electron chi connectivity index (χ3n) is 1.01. The van der Waals surface area contributed by atoms with Crippen molar-refractivity contribution in [3.63, 3.8) is 0 Å². The number of halogens is 1. The van der Waals surface area contributed by atoms with E-state index in [4.69, 9.17) is 4.74 Å². The summed E-state index contributed by atoms with van der Waals surface area (Å²) in [6.07, 6.45) is 1.71. The fraction of sp³-hybridized carbons (Fsp3) is 0.333. The van der Waals surface area contributed by atoms with E-state index < -0.39 is 0 Å². The fourth-order valence-corrected chi connectivity index (χ4v) is 1.05. The van der Waals surface area contributed by atoms with E-state index in [0.717, 1.165) is 9.39 Å². The average Bonchev–Trinajstić information content (AvgIpc) is 1.94. The Morgan fingerprint density at radius 3 is 2.80 bits per heavy atom. The third-order valence-corrected chi connectivity index (χ3v) is 1.75. The molecule has 0 radical (unpaired) electrons. The van der Waals surface area contributed by atoms with Gasteiger partial charge < -0.3 is 4.74 Å². The van der Waals surface area contributed by atoms with Crippen LogP contribution < -0.4 is 4.74 Å². The van der Waals surface area contributed by atoms with E-state index in [1.54, 1.807) is 13.3 Å². The summed E-state index contributed by atoms with van der Waals surface area (Å²) >= 11 is 2.08. The van der Waals surface area contributed by atoms with Crippen molar-refractivity contribution in [3.05, 3.63) is 15.6 Å². The molecule has 0 aromatic carbocycles. The minimum Gasteiger partial charge on any atom is -0.479 e. The van der Waals surface area contributed by atoms with Gasteiger partial charge >= 0.3 is 0 Å². The van der Waals surface area contributed by atoms with E-state index in [9.17, 15) is 0 Å². The lowest BCUT2D eigenvalue weighted by Gasteiger charge is -1.99. The molecular formula is C6H7IN2O. The minimum absolute atomic E-state index is 0.598. The molecule has 0 saturated carbocycles. The van der Waals surface area contributed by atoms with Gasteiger partial charge in [0.15, 0.2) is 3.70 Å². The first-order valence-corrected chi connectivity index (χ1v) is 3.85. The molecule has 1 rings (SSSR count). The van der Waals surface area contributed by atoms with E-state index >= 15 is 0 Å². The molecule has 54 valence electrons. The van der Waals surface area contributed by atoms with E-state index in [1.165, 1.54) is 0 Å². The fourth-order valence-electron chi connectivity index (χ4n) is 0.570. The van der Waals surface area contributed by atoms with Crippen LogP contribution in [0.2, 0.25) is 0 Å². The molecule has 0 aliphatic carbocycles. The highest BCUT2D eigenvalue weighted by Gasteiger charge is 2.00. The highest BCUT2D eigenvalue weighted by atomic mass is 127. The van der Waals surface area contributed by atoms with E-state index in [0.29, 0.717) is 5.88 Å². The summed E-state index contributed by atoms with van der Waals surface area (Å²) in [5.41, 5.74) is 0.872. The Labute approximate surface area is 73.0 Å². The number of aryl methyl sites for hydroxylation is 1. The van der Waals surface area contributed by atoms with Gasteiger partial charge in [-0.15, -0.1) is 0 Å². The van der Waals surface area contributed by atoms with Crippen LogP contribution in [0, 0.1) is 10.6 Å². The Hall–Kier alpha value is -0.390. The summed E-state index contributed by atoms with van der Waals surface area (Å²) in [6, 6.07) is 0. The minimum atomic E-state index is 0.598. The number of nitrogens with zero attached hydrogens (tertiary/aromatic N) is 2. The van der Waals surface area contributed by atoms with Gasteiger partial charge in [-0.2, -0.15) is 0 Å². The Balaban J connectivity index is 3.09. The Kier molecular flexibility index (Phi) is 2.42. The highest BCUT2D eigenvalue weighted by Crippen LogP contribution is 2.13. The Morgan fingerprint density at radius 1 is 1.60 bits per heavy atom. The number of aromatic nitrogens is 2. The second kappa shape index (κ2) is 3.14. The van der Waals surface area contributed by atoms with Gasteiger partial charge in [-0.05, 0) is 29.5 Å². The maximum atomic E-state index is 4.94. The summed E-state index contributed by atoms with van der Waals surface area (Å²) < 4.78 is 5.74. The van der Waals surface area contributed by atoms with Gasteiger partial charge in [0.2, 0.25) is 5.88 Å². The number of rotatable bonds is 1. The Morgan fingerprint density at radius 2 is 2.30 bits per heavy atom. The lowest BCUT2D eigenvalue weighted by Crippen LogP contribution is -1.95. The quantitative estimate of drug-likeness (QED) is 0.706. The SMILES string of the molecule is COc1nc(C)cnc1I. The monoisotopic (exact) mass is 250 g/mol. The van der Waals surface area contributed by atoms with E-state index in [1.807, 2.05) is 6.92 Å². The lowest BCUT2D eigenvalue weighted by molar-refractivity contribution is 0.390. The van der Waals surface area contributed by atoms with Crippen molar-refractivity contribution in [1.82, 2.24) is 9.97 Å². The molecular weight excluding hydrogens is 243 g/mol. The normalized spacial score (nSPS) is 9.50. The first-order valence-electron chi connectivity index (χ1n) is 2.77. The molecule has 10 heavy (non-hydrogen) atoms. The van der Waals surface area contributed by atoms with Gasteiger partial charge in [0.25, 0.3) is 0 Å². The van der Waals surface area contributed by atoms with Gasteiger partial charge in [-0.3, -0.25) is 0 Å². The standard InChI is InChI=1S/C6H7IN2O/c1-4-3-8-5(7)6(9-4)10-2/h3H,1-2H3. The first kappa shape index (κ1) is 7.71. The molecule has 0 aliphatic rings. The molecule has 1 aromatic rings. The van der Waals surface area contributed by atoms with Gasteiger partial charge in [0.1, 0.15) is 0 Å². The maximum Gasteiger partial charge on any atom is 0.246 e. The van der Waals surface area contributed by atoms with Crippen LogP contribution in [0.15, 0.2) is 6.20 Å². The molecule has 0 atom stereocenters. The largest absolute Gasteiger partial charge is 0.479 e. The lowest BCUT2D eigenvalue weighted by atomic mass is 10.5. The van der Waals surface area contributed by atoms with Crippen molar-refractivity contribution in [3.8, 4) is 5.88 Å². The smallest absolute Gasteiger partial charge is 0.246 e. The topological polar surface area (TPSA) is 35.0 Å². The molecule has 0 N–H and O–H groups in total. The summed E-state index contributed by atoms with van der Waals surface area (Å²) in [6.45, 7) is 1.88. The second-order valence-corrected chi connectivity index (χ2v) is 2.83. The van der Waals surface area contributed by atoms with Crippen LogP contribution in [-0.4, -0.2) is 17.1 Å². The van der Waals surface area contributed by atoms with Crippen molar-refractivity contribution in [2.75, 3.05) is 7.11 Å². The number of ether oxygens (including phenoxy) is 1. The molecule has 3 nitrogen and oxygen atoms in total. The van der Waals surface area contributed by atoms with Crippen LogP contribution in [0.3, 0.4) is 0 Å². The van der Waals surface area contributed by atoms with Crippen molar-refractivity contribution in [2.45, 2.75) is 6.92 Å². The van der Waals surface area contributed by atoms with Crippen LogP contribution >= 0.6 is 22.6 Å². The highest BCUT2D eigenvalue weighted by molar-refractivity contribution is 14.1. The molecule has 4 heteroatoms. The van der Waals surface area contributed by atoms with E-state index in [2.05, 4.69) is 32.6 Å². The predicted molar refractivity (Wildman–Crippen MR) is 46.0 cm³/mol. The first-order chi connectivity index (χ1) is 4.74. The predicted octanol–water partition coefficient (Wildman–Crippen LogP) is 1.40. The Bertz CT molecular complexity index is 239. The van der Waals surface area contributed by atoms with Gasteiger partial charge in [0.05, 0.1) is 12.8 Å². The van der Waals surface area contributed by atoms with Crippen LogP contribution in [0.1, 0.15) is 5.69 Å². The molecule has 1 aromatic heterocycles. The van der Waals surface area contributed by atoms with Crippen LogP contribution in [0.5, 0.6) is 5.88 Å². The summed E-state index contributed by atoms with van der Waals surface area (Å²) in [5, 5.41) is 0. The zero-order valence-electron chi connectivity index (χ0n) is 5.76. The molecule has 0 fully saturated rings. The average molecular weight is 250 g/mol. The third kappa shape index (κ3) is 1.56. The van der Waals surface area contributed by atoms with Gasteiger partial charge in [0, 0.05) is 6.20 Å². The number of hydrogen-bond donors (Lipinski definition) is 0. The van der Waals surface area contributed by atoms with Gasteiger partial charge in [-0.1, -0.05) is 0 Å².